The maximum Gasteiger partial charge on any atom is 0.0932 e. The molecule has 0 radical (unpaired) electrons. The second kappa shape index (κ2) is 4.63. The average molecular weight is 225 g/mol. The largest absolute Gasteiger partial charge is 0.394 e. The third-order valence-electron chi connectivity index (χ3n) is 4.80. The van der Waals surface area contributed by atoms with E-state index in [0.717, 1.165) is 37.5 Å². The minimum Gasteiger partial charge on any atom is -0.394 e. The van der Waals surface area contributed by atoms with E-state index in [1.165, 1.54) is 32.2 Å². The van der Waals surface area contributed by atoms with E-state index in [1.807, 2.05) is 0 Å². The molecular formula is C13H23NO2. The van der Waals surface area contributed by atoms with Crippen LogP contribution in [0.1, 0.15) is 25.7 Å². The minimum absolute atomic E-state index is 0.0624. The van der Waals surface area contributed by atoms with Crippen LogP contribution in [0, 0.1) is 17.8 Å². The molecule has 92 valence electrons. The van der Waals surface area contributed by atoms with E-state index in [4.69, 9.17) is 9.84 Å². The Kier molecular flexibility index (Phi) is 3.18. The molecule has 0 aromatic carbocycles. The van der Waals surface area contributed by atoms with Crippen LogP contribution in [0.2, 0.25) is 0 Å². The van der Waals surface area contributed by atoms with Crippen molar-refractivity contribution in [3.05, 3.63) is 0 Å². The molecule has 2 aliphatic carbocycles. The van der Waals surface area contributed by atoms with Crippen LogP contribution in [0.3, 0.4) is 0 Å². The zero-order chi connectivity index (χ0) is 11.0. The second-order valence-corrected chi connectivity index (χ2v) is 5.87. The van der Waals surface area contributed by atoms with Gasteiger partial charge in [-0.2, -0.15) is 0 Å². The summed E-state index contributed by atoms with van der Waals surface area (Å²) in [6.45, 7) is 4.22. The van der Waals surface area contributed by atoms with E-state index in [9.17, 15) is 0 Å². The zero-order valence-corrected chi connectivity index (χ0v) is 9.98. The van der Waals surface area contributed by atoms with Crippen LogP contribution < -0.4 is 0 Å². The summed E-state index contributed by atoms with van der Waals surface area (Å²) in [6.07, 6.45) is 5.99. The van der Waals surface area contributed by atoms with E-state index in [-0.39, 0.29) is 12.7 Å². The topological polar surface area (TPSA) is 32.7 Å². The van der Waals surface area contributed by atoms with Gasteiger partial charge in [0.1, 0.15) is 0 Å². The molecule has 1 saturated heterocycles. The van der Waals surface area contributed by atoms with Gasteiger partial charge in [-0.1, -0.05) is 6.42 Å². The SMILES string of the molecule is OCC1CN(CC2CC3CCC2C3)CCO1. The lowest BCUT2D eigenvalue weighted by atomic mass is 9.88. The minimum atomic E-state index is 0.0624. The zero-order valence-electron chi connectivity index (χ0n) is 9.98. The van der Waals surface area contributed by atoms with E-state index in [0.29, 0.717) is 0 Å². The molecule has 0 amide bonds. The fourth-order valence-corrected chi connectivity index (χ4v) is 3.99. The van der Waals surface area contributed by atoms with Crippen LogP contribution in [0.5, 0.6) is 0 Å². The van der Waals surface area contributed by atoms with Gasteiger partial charge >= 0.3 is 0 Å². The highest BCUT2D eigenvalue weighted by atomic mass is 16.5. The summed E-state index contributed by atoms with van der Waals surface area (Å²) in [6, 6.07) is 0. The predicted octanol–water partition coefficient (Wildman–Crippen LogP) is 1.12. The molecule has 0 aromatic heterocycles. The Morgan fingerprint density at radius 1 is 1.25 bits per heavy atom. The Hall–Kier alpha value is -0.120. The highest BCUT2D eigenvalue weighted by Crippen LogP contribution is 2.48. The van der Waals surface area contributed by atoms with Crippen molar-refractivity contribution < 1.29 is 9.84 Å². The highest BCUT2D eigenvalue weighted by molar-refractivity contribution is 4.91. The maximum atomic E-state index is 9.12. The molecule has 3 nitrogen and oxygen atoms in total. The summed E-state index contributed by atoms with van der Waals surface area (Å²) in [5.41, 5.74) is 0. The number of hydrogen-bond acceptors (Lipinski definition) is 3. The predicted molar refractivity (Wildman–Crippen MR) is 62.2 cm³/mol. The van der Waals surface area contributed by atoms with E-state index in [2.05, 4.69) is 4.90 Å². The average Bonchev–Trinajstić information content (AvgIpc) is 2.91. The van der Waals surface area contributed by atoms with Crippen molar-refractivity contribution in [2.45, 2.75) is 31.8 Å². The Bertz CT molecular complexity index is 246. The van der Waals surface area contributed by atoms with Gasteiger partial charge in [0.25, 0.3) is 0 Å². The number of aliphatic hydroxyl groups is 1. The first-order chi connectivity index (χ1) is 7.85. The fraction of sp³-hybridized carbons (Fsp3) is 1.00. The molecule has 4 atom stereocenters. The summed E-state index contributed by atoms with van der Waals surface area (Å²) in [5, 5.41) is 9.12. The molecule has 3 fully saturated rings. The molecule has 1 heterocycles. The van der Waals surface area contributed by atoms with Gasteiger partial charge in [0.05, 0.1) is 19.3 Å². The van der Waals surface area contributed by atoms with Crippen molar-refractivity contribution in [3.8, 4) is 0 Å². The van der Waals surface area contributed by atoms with Crippen molar-refractivity contribution >= 4 is 0 Å². The molecule has 16 heavy (non-hydrogen) atoms. The molecule has 3 heteroatoms. The Morgan fingerprint density at radius 2 is 2.19 bits per heavy atom. The molecule has 0 spiro atoms. The third-order valence-corrected chi connectivity index (χ3v) is 4.80. The number of aliphatic hydroxyl groups excluding tert-OH is 1. The molecule has 0 aromatic rings. The van der Waals surface area contributed by atoms with Crippen molar-refractivity contribution in [1.82, 2.24) is 4.90 Å². The van der Waals surface area contributed by atoms with Crippen LogP contribution in [-0.2, 0) is 4.74 Å². The third kappa shape index (κ3) is 2.13. The number of hydrogen-bond donors (Lipinski definition) is 1. The molecular weight excluding hydrogens is 202 g/mol. The number of fused-ring (bicyclic) bond motifs is 2. The van der Waals surface area contributed by atoms with Gasteiger partial charge in [-0.25, -0.2) is 0 Å². The summed E-state index contributed by atoms with van der Waals surface area (Å²) in [7, 11) is 0. The van der Waals surface area contributed by atoms with E-state index >= 15 is 0 Å². The van der Waals surface area contributed by atoms with Crippen LogP contribution in [0.4, 0.5) is 0 Å². The Labute approximate surface area is 97.8 Å². The molecule has 1 N–H and O–H groups in total. The summed E-state index contributed by atoms with van der Waals surface area (Å²) < 4.78 is 5.49. The number of ether oxygens (including phenoxy) is 1. The smallest absolute Gasteiger partial charge is 0.0932 e. The van der Waals surface area contributed by atoms with Crippen molar-refractivity contribution in [3.63, 3.8) is 0 Å². The molecule has 2 bridgehead atoms. The van der Waals surface area contributed by atoms with E-state index in [1.54, 1.807) is 0 Å². The summed E-state index contributed by atoms with van der Waals surface area (Å²) >= 11 is 0. The van der Waals surface area contributed by atoms with Gasteiger partial charge < -0.3 is 9.84 Å². The number of rotatable bonds is 3. The highest BCUT2D eigenvalue weighted by Gasteiger charge is 2.40. The summed E-state index contributed by atoms with van der Waals surface area (Å²) in [5.74, 6) is 3.00. The maximum absolute atomic E-state index is 9.12. The van der Waals surface area contributed by atoms with Gasteiger partial charge in [0, 0.05) is 19.6 Å². The van der Waals surface area contributed by atoms with Crippen LogP contribution in [-0.4, -0.2) is 49.0 Å². The van der Waals surface area contributed by atoms with Crippen LogP contribution in [0.15, 0.2) is 0 Å². The van der Waals surface area contributed by atoms with E-state index < -0.39 is 0 Å². The van der Waals surface area contributed by atoms with Gasteiger partial charge in [-0.15, -0.1) is 0 Å². The lowest BCUT2D eigenvalue weighted by molar-refractivity contribution is -0.0578. The van der Waals surface area contributed by atoms with Gasteiger partial charge in [0.15, 0.2) is 0 Å². The standard InChI is InChI=1S/C13H23NO2/c15-9-13-8-14(3-4-16-13)7-12-6-10-1-2-11(12)5-10/h10-13,15H,1-9H2. The Balaban J connectivity index is 1.51. The van der Waals surface area contributed by atoms with Gasteiger partial charge in [-0.05, 0) is 37.0 Å². The molecule has 3 aliphatic rings. The summed E-state index contributed by atoms with van der Waals surface area (Å²) in [4.78, 5) is 2.51. The quantitative estimate of drug-likeness (QED) is 0.781. The molecule has 3 rings (SSSR count). The number of nitrogens with zero attached hydrogens (tertiary/aromatic N) is 1. The fourth-order valence-electron chi connectivity index (χ4n) is 3.99. The monoisotopic (exact) mass is 225 g/mol. The first kappa shape index (κ1) is 11.0. The van der Waals surface area contributed by atoms with Crippen molar-refractivity contribution in [1.29, 1.82) is 0 Å². The lowest BCUT2D eigenvalue weighted by Crippen LogP contribution is -2.46. The van der Waals surface area contributed by atoms with Crippen LogP contribution >= 0.6 is 0 Å². The van der Waals surface area contributed by atoms with Gasteiger partial charge in [0.2, 0.25) is 0 Å². The van der Waals surface area contributed by atoms with Crippen molar-refractivity contribution in [2.24, 2.45) is 17.8 Å². The van der Waals surface area contributed by atoms with Crippen LogP contribution in [0.25, 0.3) is 0 Å². The first-order valence-electron chi connectivity index (χ1n) is 6.80. The lowest BCUT2D eigenvalue weighted by Gasteiger charge is -2.35. The normalized spacial score (nSPS) is 44.1. The molecule has 2 saturated carbocycles. The van der Waals surface area contributed by atoms with Crippen molar-refractivity contribution in [2.75, 3.05) is 32.8 Å². The van der Waals surface area contributed by atoms with Gasteiger partial charge in [-0.3, -0.25) is 4.90 Å². The molecule has 1 aliphatic heterocycles. The first-order valence-corrected chi connectivity index (χ1v) is 6.80. The molecule has 4 unspecified atom stereocenters. The number of morpholine rings is 1. The Morgan fingerprint density at radius 3 is 2.88 bits per heavy atom. The second-order valence-electron chi connectivity index (χ2n) is 5.87.